The first-order valence-corrected chi connectivity index (χ1v) is 11.9. The van der Waals surface area contributed by atoms with Crippen molar-refractivity contribution in [2.24, 2.45) is 5.92 Å². The van der Waals surface area contributed by atoms with Crippen molar-refractivity contribution in [1.82, 2.24) is 0 Å². The van der Waals surface area contributed by atoms with Crippen molar-refractivity contribution >= 4 is 29.8 Å². The van der Waals surface area contributed by atoms with E-state index in [4.69, 9.17) is 14.2 Å². The van der Waals surface area contributed by atoms with Gasteiger partial charge in [0.1, 0.15) is 5.75 Å². The molecule has 188 valence electrons. The van der Waals surface area contributed by atoms with E-state index in [1.54, 1.807) is 26.0 Å². The second-order valence-electron chi connectivity index (χ2n) is 7.86. The topological polar surface area (TPSA) is 105 Å². The Labute approximate surface area is 206 Å². The van der Waals surface area contributed by atoms with Crippen LogP contribution in [0.5, 0.6) is 5.75 Å². The van der Waals surface area contributed by atoms with E-state index in [-0.39, 0.29) is 18.9 Å². The summed E-state index contributed by atoms with van der Waals surface area (Å²) in [5.41, 5.74) is 1.95. The fourth-order valence-corrected chi connectivity index (χ4v) is 3.39. The van der Waals surface area contributed by atoms with Gasteiger partial charge in [0.15, 0.2) is 5.92 Å². The molecular weight excluding hydrogens is 450 g/mol. The van der Waals surface area contributed by atoms with Gasteiger partial charge in [-0.2, -0.15) is 0 Å². The highest BCUT2D eigenvalue weighted by molar-refractivity contribution is 5.94. The number of carbonyl (C=O) groups is 2. The van der Waals surface area contributed by atoms with Crippen LogP contribution < -0.4 is 4.74 Å². The standard InChI is InChI=1S/C27H33NO7/c1-3-33-26(29)25(27(30)34-4-2)9-7-5-6-8-20-35-24-18-14-22(15-19-24)11-10-21-12-16-23(17-13-21)28(31)32/h10-19,25H,3-9,20H2,1-2H3/b11-10+. The molecule has 0 aliphatic carbocycles. The SMILES string of the molecule is CCOC(=O)C(CCCCCCOc1ccc(/C=C/c2ccc([N+](=O)[O-])cc2)cc1)C(=O)OCC. The zero-order valence-electron chi connectivity index (χ0n) is 20.3. The highest BCUT2D eigenvalue weighted by Crippen LogP contribution is 2.18. The van der Waals surface area contributed by atoms with Gasteiger partial charge < -0.3 is 14.2 Å². The molecule has 35 heavy (non-hydrogen) atoms. The quantitative estimate of drug-likeness (QED) is 0.0783. The lowest BCUT2D eigenvalue weighted by Gasteiger charge is -2.14. The van der Waals surface area contributed by atoms with Crippen LogP contribution in [0.3, 0.4) is 0 Å². The second-order valence-corrected chi connectivity index (χ2v) is 7.86. The lowest BCUT2D eigenvalue weighted by Crippen LogP contribution is -2.28. The molecule has 8 nitrogen and oxygen atoms in total. The van der Waals surface area contributed by atoms with Crippen LogP contribution in [0, 0.1) is 16.0 Å². The first-order chi connectivity index (χ1) is 16.9. The summed E-state index contributed by atoms with van der Waals surface area (Å²) in [6.45, 7) is 4.49. The summed E-state index contributed by atoms with van der Waals surface area (Å²) in [6.07, 6.45) is 7.66. The number of benzene rings is 2. The van der Waals surface area contributed by atoms with E-state index in [9.17, 15) is 19.7 Å². The molecule has 0 heterocycles. The van der Waals surface area contributed by atoms with Crippen molar-refractivity contribution in [2.75, 3.05) is 19.8 Å². The molecule has 0 spiro atoms. The number of unbranched alkanes of at least 4 members (excludes halogenated alkanes) is 3. The first kappa shape index (κ1) is 27.6. The zero-order valence-corrected chi connectivity index (χ0v) is 20.3. The van der Waals surface area contributed by atoms with Gasteiger partial charge in [-0.25, -0.2) is 0 Å². The Balaban J connectivity index is 1.67. The number of non-ortho nitro benzene ring substituents is 1. The number of carbonyl (C=O) groups excluding carboxylic acids is 2. The number of nitro benzene ring substituents is 1. The van der Waals surface area contributed by atoms with E-state index in [1.165, 1.54) is 12.1 Å². The van der Waals surface area contributed by atoms with Gasteiger partial charge in [-0.3, -0.25) is 19.7 Å². The Bertz CT molecular complexity index is 950. The fourth-order valence-electron chi connectivity index (χ4n) is 3.39. The first-order valence-electron chi connectivity index (χ1n) is 11.9. The van der Waals surface area contributed by atoms with Crippen molar-refractivity contribution in [3.8, 4) is 5.75 Å². The Morgan fingerprint density at radius 2 is 1.34 bits per heavy atom. The number of hydrogen-bond acceptors (Lipinski definition) is 7. The van der Waals surface area contributed by atoms with Gasteiger partial charge in [0.25, 0.3) is 5.69 Å². The van der Waals surface area contributed by atoms with Crippen LogP contribution in [0.1, 0.15) is 57.1 Å². The molecule has 8 heteroatoms. The number of nitro groups is 1. The Hall–Kier alpha value is -3.68. The maximum absolute atomic E-state index is 12.0. The summed E-state index contributed by atoms with van der Waals surface area (Å²) >= 11 is 0. The molecule has 2 rings (SSSR count). The van der Waals surface area contributed by atoms with E-state index in [0.717, 1.165) is 42.6 Å². The molecule has 0 aromatic heterocycles. The van der Waals surface area contributed by atoms with Gasteiger partial charge in [-0.1, -0.05) is 43.5 Å². The minimum Gasteiger partial charge on any atom is -0.494 e. The van der Waals surface area contributed by atoms with Crippen LogP contribution in [-0.4, -0.2) is 36.7 Å². The van der Waals surface area contributed by atoms with Crippen LogP contribution in [0.15, 0.2) is 48.5 Å². The molecule has 0 aliphatic rings. The highest BCUT2D eigenvalue weighted by Gasteiger charge is 2.28. The molecular formula is C27H33NO7. The summed E-state index contributed by atoms with van der Waals surface area (Å²) in [5, 5.41) is 10.7. The van der Waals surface area contributed by atoms with Crippen molar-refractivity contribution < 1.29 is 28.7 Å². The van der Waals surface area contributed by atoms with E-state index in [1.807, 2.05) is 36.4 Å². The average molecular weight is 484 g/mol. The Kier molecular flexibility index (Phi) is 12.0. The maximum atomic E-state index is 12.0. The molecule has 2 aromatic rings. The largest absolute Gasteiger partial charge is 0.494 e. The second kappa shape index (κ2) is 15.3. The number of nitrogens with zero attached hydrogens (tertiary/aromatic N) is 1. The molecule has 0 unspecified atom stereocenters. The summed E-state index contributed by atoms with van der Waals surface area (Å²) < 4.78 is 15.8. The van der Waals surface area contributed by atoms with Crippen LogP contribution in [0.4, 0.5) is 5.69 Å². The van der Waals surface area contributed by atoms with E-state index >= 15 is 0 Å². The molecule has 0 amide bonds. The summed E-state index contributed by atoms with van der Waals surface area (Å²) in [4.78, 5) is 34.3. The molecule has 0 saturated carbocycles. The fraction of sp³-hybridized carbons (Fsp3) is 0.407. The third kappa shape index (κ3) is 10.00. The molecule has 0 atom stereocenters. The van der Waals surface area contributed by atoms with Crippen LogP contribution in [0.2, 0.25) is 0 Å². The predicted molar refractivity (Wildman–Crippen MR) is 134 cm³/mol. The van der Waals surface area contributed by atoms with E-state index in [0.29, 0.717) is 13.0 Å². The summed E-state index contributed by atoms with van der Waals surface area (Å²) in [5.74, 6) is -1.10. The molecule has 0 radical (unpaired) electrons. The third-order valence-electron chi connectivity index (χ3n) is 5.25. The van der Waals surface area contributed by atoms with Crippen LogP contribution in [0.25, 0.3) is 12.2 Å². The van der Waals surface area contributed by atoms with Gasteiger partial charge in [0.05, 0.1) is 24.7 Å². The monoisotopic (exact) mass is 483 g/mol. The molecule has 0 bridgehead atoms. The van der Waals surface area contributed by atoms with Gasteiger partial charge in [-0.05, 0) is 62.1 Å². The van der Waals surface area contributed by atoms with Crippen molar-refractivity contribution in [1.29, 1.82) is 0 Å². The van der Waals surface area contributed by atoms with Crippen molar-refractivity contribution in [3.63, 3.8) is 0 Å². The van der Waals surface area contributed by atoms with Crippen LogP contribution >= 0.6 is 0 Å². The van der Waals surface area contributed by atoms with Crippen molar-refractivity contribution in [2.45, 2.75) is 46.0 Å². The third-order valence-corrected chi connectivity index (χ3v) is 5.25. The van der Waals surface area contributed by atoms with Gasteiger partial charge >= 0.3 is 11.9 Å². The van der Waals surface area contributed by atoms with E-state index < -0.39 is 22.8 Å². The summed E-state index contributed by atoms with van der Waals surface area (Å²) in [7, 11) is 0. The molecule has 0 aliphatic heterocycles. The molecule has 2 aromatic carbocycles. The molecule has 0 fully saturated rings. The molecule has 0 saturated heterocycles. The highest BCUT2D eigenvalue weighted by atomic mass is 16.6. The minimum absolute atomic E-state index is 0.0706. The predicted octanol–water partition coefficient (Wildman–Crippen LogP) is 5.84. The zero-order chi connectivity index (χ0) is 25.5. The number of esters is 2. The van der Waals surface area contributed by atoms with Gasteiger partial charge in [0.2, 0.25) is 0 Å². The van der Waals surface area contributed by atoms with Crippen molar-refractivity contribution in [3.05, 3.63) is 69.8 Å². The summed E-state index contributed by atoms with van der Waals surface area (Å²) in [6, 6.07) is 14.1. The van der Waals surface area contributed by atoms with Crippen LogP contribution in [-0.2, 0) is 19.1 Å². The number of rotatable bonds is 15. The molecule has 0 N–H and O–H groups in total. The van der Waals surface area contributed by atoms with E-state index in [2.05, 4.69) is 0 Å². The Morgan fingerprint density at radius 1 is 0.829 bits per heavy atom. The smallest absolute Gasteiger partial charge is 0.320 e. The van der Waals surface area contributed by atoms with Gasteiger partial charge in [-0.15, -0.1) is 0 Å². The minimum atomic E-state index is -0.848. The Morgan fingerprint density at radius 3 is 1.86 bits per heavy atom. The average Bonchev–Trinajstić information content (AvgIpc) is 2.85. The number of hydrogen-bond donors (Lipinski definition) is 0. The normalized spacial score (nSPS) is 10.9. The lowest BCUT2D eigenvalue weighted by atomic mass is 10.0. The lowest BCUT2D eigenvalue weighted by molar-refractivity contribution is -0.384. The van der Waals surface area contributed by atoms with Gasteiger partial charge in [0, 0.05) is 12.1 Å². The number of ether oxygens (including phenoxy) is 3. The maximum Gasteiger partial charge on any atom is 0.320 e.